The summed E-state index contributed by atoms with van der Waals surface area (Å²) in [5.74, 6) is -0.163. The minimum atomic E-state index is -3.44. The molecule has 0 aromatic carbocycles. The Labute approximate surface area is 103 Å². The van der Waals surface area contributed by atoms with Crippen molar-refractivity contribution in [3.8, 4) is 0 Å². The Morgan fingerprint density at radius 1 is 1.00 bits per heavy atom. The molecule has 98 valence electrons. The number of sulfonamides is 1. The van der Waals surface area contributed by atoms with Gasteiger partial charge < -0.3 is 0 Å². The second kappa shape index (κ2) is 4.69. The van der Waals surface area contributed by atoms with Crippen LogP contribution < -0.4 is 0 Å². The van der Waals surface area contributed by atoms with Crippen molar-refractivity contribution in [2.75, 3.05) is 13.1 Å². The fourth-order valence-electron chi connectivity index (χ4n) is 3.09. The van der Waals surface area contributed by atoms with Crippen LogP contribution in [0.15, 0.2) is 0 Å². The van der Waals surface area contributed by atoms with E-state index < -0.39 is 14.8 Å². The van der Waals surface area contributed by atoms with E-state index in [1.165, 1.54) is 6.92 Å². The molecule has 2 rings (SSSR count). The molecule has 5 heteroatoms. The van der Waals surface area contributed by atoms with Crippen LogP contribution in [0, 0.1) is 0 Å². The number of hydrogen-bond donors (Lipinski definition) is 0. The second-order valence-corrected chi connectivity index (χ2v) is 7.47. The highest BCUT2D eigenvalue weighted by Gasteiger charge is 2.51. The fourth-order valence-corrected chi connectivity index (χ4v) is 5.49. The molecule has 0 radical (unpaired) electrons. The maximum absolute atomic E-state index is 12.7. The minimum absolute atomic E-state index is 0.163. The molecule has 0 aromatic rings. The monoisotopic (exact) mass is 259 g/mol. The zero-order valence-corrected chi connectivity index (χ0v) is 11.3. The predicted octanol–water partition coefficient (Wildman–Crippen LogP) is 1.70. The van der Waals surface area contributed by atoms with Crippen molar-refractivity contribution in [2.24, 2.45) is 0 Å². The van der Waals surface area contributed by atoms with Crippen molar-refractivity contribution >= 4 is 15.8 Å². The van der Waals surface area contributed by atoms with E-state index in [1.54, 1.807) is 4.31 Å². The van der Waals surface area contributed by atoms with Crippen LogP contribution in [0.2, 0.25) is 0 Å². The van der Waals surface area contributed by atoms with E-state index in [2.05, 4.69) is 0 Å². The Morgan fingerprint density at radius 2 is 1.53 bits per heavy atom. The molecular formula is C12H21NO3S. The highest BCUT2D eigenvalue weighted by Crippen LogP contribution is 2.38. The Morgan fingerprint density at radius 3 is 2.00 bits per heavy atom. The SMILES string of the molecule is CC(=O)C1(S(=O)(=O)N2CCCC2)CCCCC1. The lowest BCUT2D eigenvalue weighted by Gasteiger charge is -2.37. The lowest BCUT2D eigenvalue weighted by Crippen LogP contribution is -2.53. The zero-order chi connectivity index (χ0) is 12.5. The fraction of sp³-hybridized carbons (Fsp3) is 0.917. The Balaban J connectivity index is 2.35. The average Bonchev–Trinajstić information content (AvgIpc) is 2.83. The van der Waals surface area contributed by atoms with Crippen LogP contribution in [0.4, 0.5) is 0 Å². The Bertz CT molecular complexity index is 390. The Hall–Kier alpha value is -0.420. The van der Waals surface area contributed by atoms with Gasteiger partial charge in [0.15, 0.2) is 5.78 Å². The first-order chi connectivity index (χ1) is 8.01. The molecule has 0 N–H and O–H groups in total. The van der Waals surface area contributed by atoms with E-state index in [1.807, 2.05) is 0 Å². The van der Waals surface area contributed by atoms with E-state index >= 15 is 0 Å². The summed E-state index contributed by atoms with van der Waals surface area (Å²) in [7, 11) is -3.44. The molecule has 1 aliphatic heterocycles. The number of ketones is 1. The molecular weight excluding hydrogens is 238 g/mol. The predicted molar refractivity (Wildman–Crippen MR) is 66.2 cm³/mol. The molecule has 0 amide bonds. The first-order valence-corrected chi connectivity index (χ1v) is 7.95. The van der Waals surface area contributed by atoms with Crippen LogP contribution in [-0.4, -0.2) is 36.3 Å². The molecule has 2 aliphatic rings. The van der Waals surface area contributed by atoms with E-state index in [0.29, 0.717) is 25.9 Å². The first-order valence-electron chi connectivity index (χ1n) is 6.51. The molecule has 1 saturated carbocycles. The van der Waals surface area contributed by atoms with Gasteiger partial charge in [0, 0.05) is 13.1 Å². The molecule has 1 aliphatic carbocycles. The Kier molecular flexibility index (Phi) is 3.59. The number of Topliss-reactive ketones (excluding diaryl/α,β-unsaturated/α-hetero) is 1. The zero-order valence-electron chi connectivity index (χ0n) is 10.4. The van der Waals surface area contributed by atoms with Crippen LogP contribution in [0.5, 0.6) is 0 Å². The molecule has 0 unspecified atom stereocenters. The smallest absolute Gasteiger partial charge is 0.227 e. The van der Waals surface area contributed by atoms with E-state index in [0.717, 1.165) is 32.1 Å². The van der Waals surface area contributed by atoms with Crippen LogP contribution in [-0.2, 0) is 14.8 Å². The maximum atomic E-state index is 12.7. The standard InChI is InChI=1S/C12H21NO3S/c1-11(14)12(7-3-2-4-8-12)17(15,16)13-9-5-6-10-13/h2-10H2,1H3. The third-order valence-electron chi connectivity index (χ3n) is 4.20. The number of carbonyl (C=O) groups is 1. The molecule has 2 fully saturated rings. The van der Waals surface area contributed by atoms with Crippen molar-refractivity contribution in [2.45, 2.75) is 56.6 Å². The normalized spacial score (nSPS) is 25.9. The van der Waals surface area contributed by atoms with Crippen LogP contribution in [0.3, 0.4) is 0 Å². The average molecular weight is 259 g/mol. The molecule has 0 aromatic heterocycles. The third-order valence-corrected chi connectivity index (χ3v) is 6.93. The summed E-state index contributed by atoms with van der Waals surface area (Å²) in [5.41, 5.74) is 0. The maximum Gasteiger partial charge on any atom is 0.227 e. The van der Waals surface area contributed by atoms with Gasteiger partial charge in [-0.2, -0.15) is 0 Å². The molecule has 1 heterocycles. The summed E-state index contributed by atoms with van der Waals surface area (Å²) in [4.78, 5) is 11.9. The first kappa shape index (κ1) is 13.0. The van der Waals surface area contributed by atoms with Gasteiger partial charge in [-0.3, -0.25) is 4.79 Å². The summed E-state index contributed by atoms with van der Waals surface area (Å²) in [6.45, 7) is 2.63. The molecule has 4 nitrogen and oxygen atoms in total. The molecule has 1 saturated heterocycles. The molecule has 0 spiro atoms. The third kappa shape index (κ3) is 2.03. The number of rotatable bonds is 3. The van der Waals surface area contributed by atoms with Crippen LogP contribution in [0.25, 0.3) is 0 Å². The van der Waals surface area contributed by atoms with E-state index in [-0.39, 0.29) is 5.78 Å². The summed E-state index contributed by atoms with van der Waals surface area (Å²) in [5, 5.41) is 0. The highest BCUT2D eigenvalue weighted by atomic mass is 32.2. The van der Waals surface area contributed by atoms with Crippen molar-refractivity contribution in [1.82, 2.24) is 4.31 Å². The van der Waals surface area contributed by atoms with Crippen molar-refractivity contribution in [3.05, 3.63) is 0 Å². The van der Waals surface area contributed by atoms with Gasteiger partial charge in [-0.1, -0.05) is 19.3 Å². The second-order valence-electron chi connectivity index (χ2n) is 5.22. The highest BCUT2D eigenvalue weighted by molar-refractivity contribution is 7.91. The van der Waals surface area contributed by atoms with Gasteiger partial charge in [0.2, 0.25) is 10.0 Å². The molecule has 17 heavy (non-hydrogen) atoms. The topological polar surface area (TPSA) is 54.5 Å². The van der Waals surface area contributed by atoms with Crippen LogP contribution >= 0.6 is 0 Å². The van der Waals surface area contributed by atoms with Crippen LogP contribution in [0.1, 0.15) is 51.9 Å². The largest absolute Gasteiger partial charge is 0.298 e. The van der Waals surface area contributed by atoms with Gasteiger partial charge in [-0.15, -0.1) is 0 Å². The van der Waals surface area contributed by atoms with Gasteiger partial charge in [-0.05, 0) is 32.6 Å². The van der Waals surface area contributed by atoms with Crippen molar-refractivity contribution in [1.29, 1.82) is 0 Å². The number of carbonyl (C=O) groups excluding carboxylic acids is 1. The minimum Gasteiger partial charge on any atom is -0.298 e. The van der Waals surface area contributed by atoms with Crippen molar-refractivity contribution in [3.63, 3.8) is 0 Å². The quantitative estimate of drug-likeness (QED) is 0.775. The van der Waals surface area contributed by atoms with Gasteiger partial charge in [-0.25, -0.2) is 12.7 Å². The van der Waals surface area contributed by atoms with E-state index in [9.17, 15) is 13.2 Å². The molecule has 0 bridgehead atoms. The summed E-state index contributed by atoms with van der Waals surface area (Å²) < 4.78 is 25.8. The lowest BCUT2D eigenvalue weighted by molar-refractivity contribution is -0.120. The number of nitrogens with zero attached hydrogens (tertiary/aromatic N) is 1. The van der Waals surface area contributed by atoms with Gasteiger partial charge in [0.25, 0.3) is 0 Å². The molecule has 0 atom stereocenters. The lowest BCUT2D eigenvalue weighted by atomic mass is 9.86. The number of hydrogen-bond acceptors (Lipinski definition) is 3. The van der Waals surface area contributed by atoms with Gasteiger partial charge in [0.1, 0.15) is 4.75 Å². The van der Waals surface area contributed by atoms with Gasteiger partial charge in [0.05, 0.1) is 0 Å². The summed E-state index contributed by atoms with van der Waals surface area (Å²) in [6, 6.07) is 0. The summed E-state index contributed by atoms with van der Waals surface area (Å²) in [6.07, 6.45) is 5.63. The van der Waals surface area contributed by atoms with Gasteiger partial charge >= 0.3 is 0 Å². The summed E-state index contributed by atoms with van der Waals surface area (Å²) >= 11 is 0. The van der Waals surface area contributed by atoms with Crippen molar-refractivity contribution < 1.29 is 13.2 Å². The van der Waals surface area contributed by atoms with E-state index in [4.69, 9.17) is 0 Å².